The molecule has 3 aliphatic rings. The van der Waals surface area contributed by atoms with E-state index in [2.05, 4.69) is 23.6 Å². The Bertz CT molecular complexity index is 1180. The number of carbonyl (C=O) groups is 1. The SMILES string of the molecule is C=CCS[C@@H]1CC[C@H]1CN1C[C@@]2(CCCc3cc(Cl)ccc32)COc2ccc(C(=O)OC(C)(C)C)cc21. The molecule has 3 atom stereocenters. The molecule has 4 nitrogen and oxygen atoms in total. The van der Waals surface area contributed by atoms with Crippen molar-refractivity contribution in [2.24, 2.45) is 5.92 Å². The highest BCUT2D eigenvalue weighted by atomic mass is 35.5. The molecule has 0 aromatic heterocycles. The van der Waals surface area contributed by atoms with E-state index in [-0.39, 0.29) is 11.4 Å². The molecule has 0 amide bonds. The zero-order valence-electron chi connectivity index (χ0n) is 22.2. The fourth-order valence-corrected chi connectivity index (χ4v) is 7.39. The molecule has 1 fully saturated rings. The molecule has 2 aromatic carbocycles. The maximum Gasteiger partial charge on any atom is 0.338 e. The van der Waals surface area contributed by atoms with Gasteiger partial charge in [0.25, 0.3) is 0 Å². The highest BCUT2D eigenvalue weighted by Crippen LogP contribution is 2.46. The van der Waals surface area contributed by atoms with Gasteiger partial charge in [-0.2, -0.15) is 11.8 Å². The Balaban J connectivity index is 1.51. The monoisotopic (exact) mass is 539 g/mol. The van der Waals surface area contributed by atoms with E-state index >= 15 is 0 Å². The van der Waals surface area contributed by atoms with Crippen LogP contribution in [0.4, 0.5) is 5.69 Å². The Morgan fingerprint density at radius 1 is 1.27 bits per heavy atom. The van der Waals surface area contributed by atoms with E-state index < -0.39 is 5.60 Å². The molecule has 198 valence electrons. The molecule has 1 heterocycles. The van der Waals surface area contributed by atoms with Crippen molar-refractivity contribution in [3.63, 3.8) is 0 Å². The summed E-state index contributed by atoms with van der Waals surface area (Å²) in [5.41, 5.74) is 3.61. The lowest BCUT2D eigenvalue weighted by atomic mass is 9.70. The summed E-state index contributed by atoms with van der Waals surface area (Å²) in [5.74, 6) is 2.14. The lowest BCUT2D eigenvalue weighted by Crippen LogP contribution is -2.49. The minimum Gasteiger partial charge on any atom is -0.490 e. The number of nitrogens with zero attached hydrogens (tertiary/aromatic N) is 1. The predicted molar refractivity (Wildman–Crippen MR) is 155 cm³/mol. The number of halogens is 1. The maximum absolute atomic E-state index is 13.0. The molecule has 0 unspecified atom stereocenters. The Morgan fingerprint density at radius 2 is 2.11 bits per heavy atom. The molecule has 1 spiro atoms. The van der Waals surface area contributed by atoms with Crippen LogP contribution in [-0.2, 0) is 16.6 Å². The molecule has 0 saturated heterocycles. The Labute approximate surface area is 230 Å². The van der Waals surface area contributed by atoms with Crippen LogP contribution in [0.25, 0.3) is 0 Å². The second-order valence-electron chi connectivity index (χ2n) is 11.8. The average Bonchev–Trinajstić information content (AvgIpc) is 2.98. The zero-order valence-corrected chi connectivity index (χ0v) is 23.8. The number of carbonyl (C=O) groups excluding carboxylic acids is 1. The molecule has 2 aromatic rings. The second kappa shape index (κ2) is 10.6. The van der Waals surface area contributed by atoms with Crippen molar-refractivity contribution in [2.75, 3.05) is 30.3 Å². The number of fused-ring (bicyclic) bond motifs is 3. The van der Waals surface area contributed by atoms with Crippen molar-refractivity contribution in [1.29, 1.82) is 0 Å². The number of hydrogen-bond acceptors (Lipinski definition) is 5. The maximum atomic E-state index is 13.0. The van der Waals surface area contributed by atoms with Crippen LogP contribution >= 0.6 is 23.4 Å². The van der Waals surface area contributed by atoms with Crippen LogP contribution < -0.4 is 9.64 Å². The molecular weight excluding hydrogens is 502 g/mol. The summed E-state index contributed by atoms with van der Waals surface area (Å²) in [6, 6.07) is 12.1. The molecule has 6 heteroatoms. The van der Waals surface area contributed by atoms with Crippen molar-refractivity contribution >= 4 is 35.0 Å². The van der Waals surface area contributed by atoms with Gasteiger partial charge in [0.2, 0.25) is 0 Å². The summed E-state index contributed by atoms with van der Waals surface area (Å²) in [4.78, 5) is 15.5. The Morgan fingerprint density at radius 3 is 2.84 bits per heavy atom. The summed E-state index contributed by atoms with van der Waals surface area (Å²) in [7, 11) is 0. The van der Waals surface area contributed by atoms with Crippen LogP contribution in [-0.4, -0.2) is 42.3 Å². The fourth-order valence-electron chi connectivity index (χ4n) is 6.02. The smallest absolute Gasteiger partial charge is 0.338 e. The van der Waals surface area contributed by atoms with Crippen molar-refractivity contribution in [2.45, 2.75) is 69.1 Å². The van der Waals surface area contributed by atoms with Gasteiger partial charge in [-0.1, -0.05) is 23.7 Å². The average molecular weight is 540 g/mol. The number of rotatable bonds is 6. The first-order valence-electron chi connectivity index (χ1n) is 13.4. The topological polar surface area (TPSA) is 38.8 Å². The van der Waals surface area contributed by atoms with E-state index in [1.54, 1.807) is 0 Å². The predicted octanol–water partition coefficient (Wildman–Crippen LogP) is 7.47. The summed E-state index contributed by atoms with van der Waals surface area (Å²) in [6.07, 6.45) is 7.73. The molecule has 2 aliphatic carbocycles. The first-order valence-corrected chi connectivity index (χ1v) is 14.9. The third-order valence-electron chi connectivity index (χ3n) is 7.90. The van der Waals surface area contributed by atoms with Gasteiger partial charge >= 0.3 is 5.97 Å². The first-order chi connectivity index (χ1) is 17.7. The summed E-state index contributed by atoms with van der Waals surface area (Å²) in [6.45, 7) is 12.0. The van der Waals surface area contributed by atoms with Crippen molar-refractivity contribution in [3.8, 4) is 5.75 Å². The van der Waals surface area contributed by atoms with Gasteiger partial charge in [0.05, 0.1) is 17.9 Å². The summed E-state index contributed by atoms with van der Waals surface area (Å²) in [5, 5.41) is 1.44. The number of ether oxygens (including phenoxy) is 2. The van der Waals surface area contributed by atoms with E-state index in [4.69, 9.17) is 21.1 Å². The van der Waals surface area contributed by atoms with Gasteiger partial charge in [0.15, 0.2) is 0 Å². The van der Waals surface area contributed by atoms with E-state index in [1.807, 2.05) is 62.9 Å². The van der Waals surface area contributed by atoms with E-state index in [0.717, 1.165) is 54.6 Å². The molecule has 1 saturated carbocycles. The van der Waals surface area contributed by atoms with Crippen LogP contribution in [0, 0.1) is 5.92 Å². The number of hydrogen-bond donors (Lipinski definition) is 0. The van der Waals surface area contributed by atoms with E-state index in [1.165, 1.54) is 24.0 Å². The van der Waals surface area contributed by atoms with Gasteiger partial charge in [-0.15, -0.1) is 6.58 Å². The van der Waals surface area contributed by atoms with Gasteiger partial charge in [-0.05, 0) is 100 Å². The van der Waals surface area contributed by atoms with Crippen LogP contribution in [0.2, 0.25) is 5.02 Å². The molecule has 5 rings (SSSR count). The van der Waals surface area contributed by atoms with Crippen LogP contribution in [0.15, 0.2) is 49.1 Å². The zero-order chi connectivity index (χ0) is 26.2. The van der Waals surface area contributed by atoms with Crippen molar-refractivity contribution < 1.29 is 14.3 Å². The van der Waals surface area contributed by atoms with Crippen LogP contribution in [0.5, 0.6) is 5.75 Å². The van der Waals surface area contributed by atoms with Crippen LogP contribution in [0.3, 0.4) is 0 Å². The van der Waals surface area contributed by atoms with Crippen molar-refractivity contribution in [3.05, 3.63) is 70.8 Å². The lowest BCUT2D eigenvalue weighted by Gasteiger charge is -2.44. The second-order valence-corrected chi connectivity index (χ2v) is 13.5. The largest absolute Gasteiger partial charge is 0.490 e. The quantitative estimate of drug-likeness (QED) is 0.281. The third-order valence-corrected chi connectivity index (χ3v) is 9.61. The van der Waals surface area contributed by atoms with Gasteiger partial charge in [0, 0.05) is 34.5 Å². The molecule has 0 N–H and O–H groups in total. The Kier molecular flexibility index (Phi) is 7.57. The first kappa shape index (κ1) is 26.5. The highest BCUT2D eigenvalue weighted by molar-refractivity contribution is 8.00. The molecule has 37 heavy (non-hydrogen) atoms. The summed E-state index contributed by atoms with van der Waals surface area (Å²) >= 11 is 8.40. The third kappa shape index (κ3) is 5.68. The van der Waals surface area contributed by atoms with Crippen LogP contribution in [0.1, 0.15) is 67.9 Å². The lowest BCUT2D eigenvalue weighted by molar-refractivity contribution is 0.00695. The molecule has 0 bridgehead atoms. The fraction of sp³-hybridized carbons (Fsp3) is 0.516. The van der Waals surface area contributed by atoms with Crippen molar-refractivity contribution in [1.82, 2.24) is 0 Å². The number of benzene rings is 2. The molecular formula is C31H38ClNO3S. The van der Waals surface area contributed by atoms with Gasteiger partial charge < -0.3 is 14.4 Å². The normalized spacial score (nSPS) is 24.8. The molecule has 0 radical (unpaired) electrons. The number of anilines is 1. The Hall–Kier alpha value is -2.11. The number of aryl methyl sites for hydroxylation is 1. The van der Waals surface area contributed by atoms with Gasteiger partial charge in [-0.25, -0.2) is 4.79 Å². The van der Waals surface area contributed by atoms with E-state index in [0.29, 0.717) is 23.3 Å². The number of esters is 1. The van der Waals surface area contributed by atoms with Gasteiger partial charge in [0.1, 0.15) is 11.4 Å². The standard InChI is InChI=1S/C31H38ClNO3S/c1-5-15-37-28-13-9-23(28)18-33-19-31(14-6-7-21-16-24(32)10-11-25(21)31)20-35-27-12-8-22(17-26(27)33)29(34)36-30(2,3)4/h5,8,10-12,16-17,23,28H,1,6-7,9,13-15,18-20H2,2-4H3/t23-,28+,31-/m0/s1. The van der Waals surface area contributed by atoms with Gasteiger partial charge in [-0.3, -0.25) is 0 Å². The molecule has 1 aliphatic heterocycles. The minimum atomic E-state index is -0.543. The highest BCUT2D eigenvalue weighted by Gasteiger charge is 2.43. The summed E-state index contributed by atoms with van der Waals surface area (Å²) < 4.78 is 12.3. The minimum absolute atomic E-state index is 0.114. The number of thioether (sulfide) groups is 1. The van der Waals surface area contributed by atoms with E-state index in [9.17, 15) is 4.79 Å².